The zero-order valence-electron chi connectivity index (χ0n) is 10.8. The molecule has 0 aliphatic carbocycles. The zero-order valence-corrected chi connectivity index (χ0v) is 16.2. The molecule has 0 saturated carbocycles. The van der Waals surface area contributed by atoms with Gasteiger partial charge in [-0.2, -0.15) is 0 Å². The standard InChI is InChI=1S/C14H15BrINS2/c1-9-3-5-11(6-4-9)18-8-7-12-10(2)14(19-16)17-13(12)15/h3-6,17H,7-8H2,1-2H3. The third-order valence-corrected chi connectivity index (χ3v) is 6.57. The van der Waals surface area contributed by atoms with Gasteiger partial charge in [-0.3, -0.25) is 0 Å². The Balaban J connectivity index is 1.96. The molecular formula is C14H15BrINS2. The largest absolute Gasteiger partial charge is 0.343 e. The number of nitrogens with one attached hydrogen (secondary N) is 1. The zero-order chi connectivity index (χ0) is 13.8. The average Bonchev–Trinajstić information content (AvgIpc) is 2.68. The minimum Gasteiger partial charge on any atom is -0.343 e. The molecule has 2 aromatic rings. The maximum absolute atomic E-state index is 3.62. The lowest BCUT2D eigenvalue weighted by atomic mass is 10.2. The highest BCUT2D eigenvalue weighted by Gasteiger charge is 2.12. The second kappa shape index (κ2) is 7.43. The SMILES string of the molecule is Cc1ccc(SCCc2c(Br)[nH]c(SI)c2C)cc1. The molecule has 0 aliphatic rings. The molecule has 0 amide bonds. The average molecular weight is 468 g/mol. The van der Waals surface area contributed by atoms with E-state index in [9.17, 15) is 0 Å². The third-order valence-electron chi connectivity index (χ3n) is 3.00. The predicted molar refractivity (Wildman–Crippen MR) is 98.7 cm³/mol. The molecule has 0 atom stereocenters. The van der Waals surface area contributed by atoms with Gasteiger partial charge < -0.3 is 4.98 Å². The van der Waals surface area contributed by atoms with Crippen LogP contribution in [0.1, 0.15) is 16.7 Å². The fourth-order valence-corrected chi connectivity index (χ4v) is 5.25. The molecule has 102 valence electrons. The Morgan fingerprint density at radius 3 is 2.47 bits per heavy atom. The molecule has 0 radical (unpaired) electrons. The molecule has 2 rings (SSSR count). The lowest BCUT2D eigenvalue weighted by Gasteiger charge is -2.03. The summed E-state index contributed by atoms with van der Waals surface area (Å²) in [6.07, 6.45) is 1.08. The third kappa shape index (κ3) is 4.19. The highest BCUT2D eigenvalue weighted by Crippen LogP contribution is 2.34. The number of aromatic amines is 1. The van der Waals surface area contributed by atoms with E-state index < -0.39 is 0 Å². The minimum atomic E-state index is 1.08. The van der Waals surface area contributed by atoms with Crippen LogP contribution in [0.4, 0.5) is 0 Å². The van der Waals surface area contributed by atoms with Crippen molar-refractivity contribution in [3.8, 4) is 0 Å². The number of aryl methyl sites for hydroxylation is 1. The first-order valence-corrected chi connectivity index (χ1v) is 11.1. The predicted octanol–water partition coefficient (Wildman–Crippen LogP) is 6.17. The number of benzene rings is 1. The van der Waals surface area contributed by atoms with E-state index >= 15 is 0 Å². The van der Waals surface area contributed by atoms with Crippen molar-refractivity contribution in [2.24, 2.45) is 0 Å². The van der Waals surface area contributed by atoms with E-state index in [1.54, 1.807) is 8.93 Å². The smallest absolute Gasteiger partial charge is 0.0866 e. The van der Waals surface area contributed by atoms with E-state index in [1.165, 1.54) is 26.6 Å². The molecule has 0 saturated heterocycles. The molecule has 0 unspecified atom stereocenters. The van der Waals surface area contributed by atoms with Crippen LogP contribution in [0.5, 0.6) is 0 Å². The molecule has 19 heavy (non-hydrogen) atoms. The van der Waals surface area contributed by atoms with Gasteiger partial charge in [-0.05, 0) is 68.4 Å². The number of aromatic nitrogens is 1. The first-order chi connectivity index (χ1) is 9.11. The van der Waals surface area contributed by atoms with Crippen LogP contribution in [0.25, 0.3) is 0 Å². The quantitative estimate of drug-likeness (QED) is 0.417. The second-order valence-electron chi connectivity index (χ2n) is 4.36. The van der Waals surface area contributed by atoms with Gasteiger partial charge >= 0.3 is 0 Å². The fraction of sp³-hybridized carbons (Fsp3) is 0.286. The van der Waals surface area contributed by atoms with Gasteiger partial charge in [0.15, 0.2) is 0 Å². The van der Waals surface area contributed by atoms with Crippen LogP contribution < -0.4 is 0 Å². The van der Waals surface area contributed by atoms with Crippen molar-refractivity contribution < 1.29 is 0 Å². The molecule has 1 aromatic carbocycles. The van der Waals surface area contributed by atoms with Gasteiger partial charge in [-0.1, -0.05) is 17.7 Å². The van der Waals surface area contributed by atoms with E-state index in [0.29, 0.717) is 0 Å². The Labute approximate surface area is 143 Å². The maximum atomic E-state index is 3.62. The van der Waals surface area contributed by atoms with Crippen LogP contribution in [0.3, 0.4) is 0 Å². The summed E-state index contributed by atoms with van der Waals surface area (Å²) < 4.78 is 1.13. The summed E-state index contributed by atoms with van der Waals surface area (Å²) in [4.78, 5) is 4.73. The van der Waals surface area contributed by atoms with Crippen LogP contribution in [0, 0.1) is 13.8 Å². The monoisotopic (exact) mass is 467 g/mol. The van der Waals surface area contributed by atoms with E-state index in [-0.39, 0.29) is 0 Å². The number of rotatable bonds is 5. The molecule has 0 spiro atoms. The summed E-state index contributed by atoms with van der Waals surface area (Å²) >= 11 is 7.86. The van der Waals surface area contributed by atoms with Gasteiger partial charge in [0.1, 0.15) is 0 Å². The number of hydrogen-bond donors (Lipinski definition) is 1. The van der Waals surface area contributed by atoms with Crippen molar-refractivity contribution in [3.05, 3.63) is 45.6 Å². The molecule has 5 heteroatoms. The lowest BCUT2D eigenvalue weighted by molar-refractivity contribution is 1.12. The van der Waals surface area contributed by atoms with Gasteiger partial charge in [0.25, 0.3) is 0 Å². The van der Waals surface area contributed by atoms with E-state index in [2.05, 4.69) is 80.2 Å². The summed E-state index contributed by atoms with van der Waals surface area (Å²) in [6, 6.07) is 8.74. The number of hydrogen-bond acceptors (Lipinski definition) is 2. The lowest BCUT2D eigenvalue weighted by Crippen LogP contribution is -1.90. The van der Waals surface area contributed by atoms with Gasteiger partial charge in [-0.25, -0.2) is 0 Å². The van der Waals surface area contributed by atoms with Crippen LogP contribution >= 0.6 is 57.8 Å². The van der Waals surface area contributed by atoms with Crippen LogP contribution in [0.15, 0.2) is 38.8 Å². The van der Waals surface area contributed by atoms with E-state index in [4.69, 9.17) is 0 Å². The van der Waals surface area contributed by atoms with Crippen LogP contribution in [-0.2, 0) is 6.42 Å². The summed E-state index contributed by atoms with van der Waals surface area (Å²) in [7, 11) is 1.74. The Bertz CT molecular complexity index is 551. The number of H-pyrrole nitrogens is 1. The molecular weight excluding hydrogens is 453 g/mol. The molecule has 0 bridgehead atoms. The first kappa shape index (κ1) is 15.8. The van der Waals surface area contributed by atoms with Gasteiger partial charge in [-0.15, -0.1) is 11.8 Å². The summed E-state index contributed by atoms with van der Waals surface area (Å²) in [6.45, 7) is 4.31. The maximum Gasteiger partial charge on any atom is 0.0866 e. The second-order valence-corrected chi connectivity index (χ2v) is 8.21. The highest BCUT2D eigenvalue weighted by molar-refractivity contribution is 14.2. The van der Waals surface area contributed by atoms with E-state index in [1.807, 2.05) is 11.8 Å². The number of halogens is 2. The summed E-state index contributed by atoms with van der Waals surface area (Å²) in [5.41, 5.74) is 4.09. The Kier molecular flexibility index (Phi) is 6.17. The molecule has 1 heterocycles. The summed E-state index contributed by atoms with van der Waals surface area (Å²) in [5.74, 6) is 1.10. The Morgan fingerprint density at radius 2 is 1.89 bits per heavy atom. The minimum absolute atomic E-state index is 1.08. The van der Waals surface area contributed by atoms with Crippen molar-refractivity contribution in [1.29, 1.82) is 0 Å². The van der Waals surface area contributed by atoms with Crippen LogP contribution in [0.2, 0.25) is 0 Å². The van der Waals surface area contributed by atoms with Gasteiger partial charge in [0.2, 0.25) is 0 Å². The first-order valence-electron chi connectivity index (χ1n) is 5.97. The molecule has 1 aromatic heterocycles. The normalized spacial score (nSPS) is 10.9. The Morgan fingerprint density at radius 1 is 1.21 bits per heavy atom. The van der Waals surface area contributed by atoms with Crippen molar-refractivity contribution in [3.63, 3.8) is 0 Å². The molecule has 0 aliphatic heterocycles. The van der Waals surface area contributed by atoms with Crippen LogP contribution in [-0.4, -0.2) is 10.7 Å². The Hall–Kier alpha value is 0.410. The molecule has 1 N–H and O–H groups in total. The molecule has 0 fully saturated rings. The highest BCUT2D eigenvalue weighted by atomic mass is 127. The number of thioether (sulfide) groups is 1. The van der Waals surface area contributed by atoms with Crippen molar-refractivity contribution in [2.75, 3.05) is 5.75 Å². The fourth-order valence-electron chi connectivity index (χ4n) is 1.85. The molecule has 1 nitrogen and oxygen atoms in total. The summed E-state index contributed by atoms with van der Waals surface area (Å²) in [5, 5.41) is 1.25. The van der Waals surface area contributed by atoms with Crippen molar-refractivity contribution in [2.45, 2.75) is 30.2 Å². The van der Waals surface area contributed by atoms with Gasteiger partial charge in [0, 0.05) is 31.9 Å². The van der Waals surface area contributed by atoms with E-state index in [0.717, 1.165) is 16.8 Å². The van der Waals surface area contributed by atoms with Gasteiger partial charge in [0.05, 0.1) is 9.63 Å². The topological polar surface area (TPSA) is 15.8 Å². The van der Waals surface area contributed by atoms with Crippen molar-refractivity contribution >= 4 is 57.8 Å². The van der Waals surface area contributed by atoms with Crippen molar-refractivity contribution in [1.82, 2.24) is 4.98 Å².